The lowest BCUT2D eigenvalue weighted by Gasteiger charge is -2.06. The van der Waals surface area contributed by atoms with Crippen LogP contribution in [0.25, 0.3) is 0 Å². The van der Waals surface area contributed by atoms with Gasteiger partial charge in [-0.3, -0.25) is 0 Å². The van der Waals surface area contributed by atoms with Gasteiger partial charge in [-0.2, -0.15) is 0 Å². The summed E-state index contributed by atoms with van der Waals surface area (Å²) in [5.41, 5.74) is 5.92. The van der Waals surface area contributed by atoms with Gasteiger partial charge in [0.05, 0.1) is 19.0 Å². The Kier molecular flexibility index (Phi) is 5.11. The molecule has 0 unspecified atom stereocenters. The van der Waals surface area contributed by atoms with Gasteiger partial charge in [-0.1, -0.05) is 26.1 Å². The number of hydrogen-bond donors (Lipinski definition) is 1. The quantitative estimate of drug-likeness (QED) is 0.607. The molecule has 0 amide bonds. The van der Waals surface area contributed by atoms with E-state index in [-0.39, 0.29) is 4.99 Å². The van der Waals surface area contributed by atoms with Crippen molar-refractivity contribution in [3.8, 4) is 5.88 Å². The van der Waals surface area contributed by atoms with Crippen molar-refractivity contribution in [1.82, 2.24) is 9.97 Å². The Bertz CT molecular complexity index is 338. The second-order valence-electron chi connectivity index (χ2n) is 3.99. The highest BCUT2D eigenvalue weighted by Crippen LogP contribution is 2.07. The number of rotatable bonds is 6. The molecule has 0 saturated heterocycles. The summed E-state index contributed by atoms with van der Waals surface area (Å²) < 4.78 is 5.43. The van der Waals surface area contributed by atoms with E-state index in [0.717, 1.165) is 12.8 Å². The normalized spacial score (nSPS) is 10.4. The molecule has 0 spiro atoms. The first-order valence-electron chi connectivity index (χ1n) is 5.34. The zero-order valence-corrected chi connectivity index (χ0v) is 10.5. The lowest BCUT2D eigenvalue weighted by atomic mass is 10.1. The van der Waals surface area contributed by atoms with E-state index in [4.69, 9.17) is 22.7 Å². The third-order valence-corrected chi connectivity index (χ3v) is 2.27. The fourth-order valence-electron chi connectivity index (χ4n) is 1.19. The average Bonchev–Trinajstić information content (AvgIpc) is 2.25. The fourth-order valence-corrected chi connectivity index (χ4v) is 1.29. The van der Waals surface area contributed by atoms with Crippen LogP contribution in [0.4, 0.5) is 0 Å². The molecule has 0 saturated carbocycles. The minimum Gasteiger partial charge on any atom is -0.477 e. The molecule has 0 bridgehead atoms. The van der Waals surface area contributed by atoms with Crippen molar-refractivity contribution in [3.05, 3.63) is 18.1 Å². The molecule has 0 atom stereocenters. The summed E-state index contributed by atoms with van der Waals surface area (Å²) in [6.07, 6.45) is 5.25. The summed E-state index contributed by atoms with van der Waals surface area (Å²) in [5, 5.41) is 0. The van der Waals surface area contributed by atoms with Crippen molar-refractivity contribution in [2.45, 2.75) is 26.7 Å². The molecule has 1 aromatic rings. The lowest BCUT2D eigenvalue weighted by Crippen LogP contribution is -2.12. The van der Waals surface area contributed by atoms with Gasteiger partial charge in [0.2, 0.25) is 5.88 Å². The van der Waals surface area contributed by atoms with Gasteiger partial charge >= 0.3 is 0 Å². The summed E-state index contributed by atoms with van der Waals surface area (Å²) >= 11 is 4.77. The standard InChI is InChI=1S/C11H17N3OS/c1-8(2)4-3-5-15-10-7-13-9(6-14-10)11(12)16/h6-8H,3-5H2,1-2H3,(H2,12,16). The third-order valence-electron chi connectivity index (χ3n) is 2.06. The molecule has 0 aliphatic rings. The molecule has 5 heteroatoms. The van der Waals surface area contributed by atoms with Crippen molar-refractivity contribution in [1.29, 1.82) is 0 Å². The van der Waals surface area contributed by atoms with E-state index in [1.807, 2.05) is 0 Å². The van der Waals surface area contributed by atoms with Gasteiger partial charge < -0.3 is 10.5 Å². The van der Waals surface area contributed by atoms with Gasteiger partial charge in [-0.05, 0) is 18.8 Å². The predicted molar refractivity (Wildman–Crippen MR) is 67.5 cm³/mol. The molecule has 0 aliphatic carbocycles. The Labute approximate surface area is 101 Å². The van der Waals surface area contributed by atoms with Crippen LogP contribution < -0.4 is 10.5 Å². The third kappa shape index (κ3) is 4.53. The number of ether oxygens (including phenoxy) is 1. The van der Waals surface area contributed by atoms with Crippen molar-refractivity contribution in [2.75, 3.05) is 6.61 Å². The molecule has 0 aliphatic heterocycles. The zero-order valence-electron chi connectivity index (χ0n) is 9.64. The van der Waals surface area contributed by atoms with Crippen LogP contribution in [0.15, 0.2) is 12.4 Å². The molecule has 88 valence electrons. The second-order valence-corrected chi connectivity index (χ2v) is 4.43. The molecule has 4 nitrogen and oxygen atoms in total. The fraction of sp³-hybridized carbons (Fsp3) is 0.545. The molecule has 0 radical (unpaired) electrons. The van der Waals surface area contributed by atoms with E-state index in [1.165, 1.54) is 6.20 Å². The van der Waals surface area contributed by atoms with E-state index in [0.29, 0.717) is 24.1 Å². The van der Waals surface area contributed by atoms with E-state index in [9.17, 15) is 0 Å². The van der Waals surface area contributed by atoms with Crippen LogP contribution >= 0.6 is 12.2 Å². The van der Waals surface area contributed by atoms with Gasteiger partial charge in [-0.15, -0.1) is 0 Å². The first-order chi connectivity index (χ1) is 7.59. The summed E-state index contributed by atoms with van der Waals surface area (Å²) in [6.45, 7) is 5.05. The van der Waals surface area contributed by atoms with Gasteiger partial charge in [0.25, 0.3) is 0 Å². The number of aromatic nitrogens is 2. The zero-order chi connectivity index (χ0) is 12.0. The average molecular weight is 239 g/mol. The molecular formula is C11H17N3OS. The van der Waals surface area contributed by atoms with Crippen molar-refractivity contribution >= 4 is 17.2 Å². The van der Waals surface area contributed by atoms with Crippen LogP contribution in [-0.2, 0) is 0 Å². The summed E-state index contributed by atoms with van der Waals surface area (Å²) in [6, 6.07) is 0. The van der Waals surface area contributed by atoms with Crippen molar-refractivity contribution < 1.29 is 4.74 Å². The van der Waals surface area contributed by atoms with Crippen molar-refractivity contribution in [2.24, 2.45) is 11.7 Å². The highest BCUT2D eigenvalue weighted by atomic mass is 32.1. The molecule has 1 heterocycles. The van der Waals surface area contributed by atoms with Crippen LogP contribution in [0.3, 0.4) is 0 Å². The second kappa shape index (κ2) is 6.37. The first-order valence-corrected chi connectivity index (χ1v) is 5.75. The van der Waals surface area contributed by atoms with Crippen LogP contribution in [0, 0.1) is 5.92 Å². The van der Waals surface area contributed by atoms with E-state index >= 15 is 0 Å². The van der Waals surface area contributed by atoms with E-state index in [1.54, 1.807) is 6.20 Å². The smallest absolute Gasteiger partial charge is 0.232 e. The van der Waals surface area contributed by atoms with Crippen LogP contribution in [0.1, 0.15) is 32.4 Å². The molecule has 1 rings (SSSR count). The lowest BCUT2D eigenvalue weighted by molar-refractivity contribution is 0.286. The summed E-state index contributed by atoms with van der Waals surface area (Å²) in [4.78, 5) is 8.35. The number of nitrogens with two attached hydrogens (primary N) is 1. The van der Waals surface area contributed by atoms with E-state index < -0.39 is 0 Å². The van der Waals surface area contributed by atoms with Crippen LogP contribution in [0.2, 0.25) is 0 Å². The van der Waals surface area contributed by atoms with Gasteiger partial charge in [0.15, 0.2) is 0 Å². The van der Waals surface area contributed by atoms with E-state index in [2.05, 4.69) is 23.8 Å². The molecular weight excluding hydrogens is 222 g/mol. The topological polar surface area (TPSA) is 61.0 Å². The monoisotopic (exact) mass is 239 g/mol. The van der Waals surface area contributed by atoms with Crippen LogP contribution in [0.5, 0.6) is 5.88 Å². The molecule has 2 N–H and O–H groups in total. The first kappa shape index (κ1) is 12.8. The number of hydrogen-bond acceptors (Lipinski definition) is 4. The van der Waals surface area contributed by atoms with Crippen molar-refractivity contribution in [3.63, 3.8) is 0 Å². The Morgan fingerprint density at radius 2 is 2.19 bits per heavy atom. The maximum Gasteiger partial charge on any atom is 0.232 e. The minimum absolute atomic E-state index is 0.249. The minimum atomic E-state index is 0.249. The largest absolute Gasteiger partial charge is 0.477 e. The predicted octanol–water partition coefficient (Wildman–Crippen LogP) is 1.93. The number of thiocarbonyl (C=S) groups is 1. The van der Waals surface area contributed by atoms with Gasteiger partial charge in [0, 0.05) is 0 Å². The maximum absolute atomic E-state index is 5.43. The molecule has 1 aromatic heterocycles. The maximum atomic E-state index is 5.43. The van der Waals surface area contributed by atoms with Crippen LogP contribution in [-0.4, -0.2) is 21.6 Å². The highest BCUT2D eigenvalue weighted by Gasteiger charge is 2.01. The summed E-state index contributed by atoms with van der Waals surface area (Å²) in [7, 11) is 0. The highest BCUT2D eigenvalue weighted by molar-refractivity contribution is 7.80. The van der Waals surface area contributed by atoms with Gasteiger partial charge in [0.1, 0.15) is 10.7 Å². The Morgan fingerprint density at radius 1 is 1.44 bits per heavy atom. The SMILES string of the molecule is CC(C)CCCOc1cnc(C(N)=S)cn1. The Hall–Kier alpha value is -1.23. The Morgan fingerprint density at radius 3 is 2.69 bits per heavy atom. The Balaban J connectivity index is 2.35. The molecule has 0 fully saturated rings. The molecule has 0 aromatic carbocycles. The van der Waals surface area contributed by atoms with Gasteiger partial charge in [-0.25, -0.2) is 9.97 Å². The number of nitrogens with zero attached hydrogens (tertiary/aromatic N) is 2. The molecule has 16 heavy (non-hydrogen) atoms. The summed E-state index contributed by atoms with van der Waals surface area (Å²) in [5.74, 6) is 1.22.